The van der Waals surface area contributed by atoms with Crippen LogP contribution in [0.15, 0.2) is 18.2 Å². The number of hydrogen-bond donors (Lipinski definition) is 2. The molecule has 0 amide bonds. The number of aromatic hydroxyl groups is 1. The van der Waals surface area contributed by atoms with E-state index in [1.807, 2.05) is 6.07 Å². The van der Waals surface area contributed by atoms with Gasteiger partial charge in [-0.15, -0.1) is 0 Å². The molecule has 0 fully saturated rings. The maximum atomic E-state index is 9.44. The SMILES string of the molecule is Cc1cccc(C#CCO)c1O. The molecule has 12 heavy (non-hydrogen) atoms. The van der Waals surface area contributed by atoms with Crippen molar-refractivity contribution < 1.29 is 10.2 Å². The molecule has 1 aromatic rings. The van der Waals surface area contributed by atoms with Crippen LogP contribution in [-0.2, 0) is 0 Å². The van der Waals surface area contributed by atoms with E-state index >= 15 is 0 Å². The van der Waals surface area contributed by atoms with Gasteiger partial charge in [-0.2, -0.15) is 0 Å². The third kappa shape index (κ3) is 1.77. The van der Waals surface area contributed by atoms with E-state index in [-0.39, 0.29) is 12.4 Å². The van der Waals surface area contributed by atoms with Crippen molar-refractivity contribution in [1.29, 1.82) is 0 Å². The molecule has 0 spiro atoms. The highest BCUT2D eigenvalue weighted by Gasteiger charge is 1.98. The summed E-state index contributed by atoms with van der Waals surface area (Å²) in [5.41, 5.74) is 1.35. The fourth-order valence-corrected chi connectivity index (χ4v) is 0.895. The number of para-hydroxylation sites is 1. The van der Waals surface area contributed by atoms with E-state index in [0.29, 0.717) is 5.56 Å². The van der Waals surface area contributed by atoms with Crippen LogP contribution in [0, 0.1) is 18.8 Å². The van der Waals surface area contributed by atoms with E-state index < -0.39 is 0 Å². The first-order valence-electron chi connectivity index (χ1n) is 3.64. The first-order valence-corrected chi connectivity index (χ1v) is 3.64. The Hall–Kier alpha value is -1.46. The molecular weight excluding hydrogens is 152 g/mol. The topological polar surface area (TPSA) is 40.5 Å². The van der Waals surface area contributed by atoms with Crippen molar-refractivity contribution in [3.63, 3.8) is 0 Å². The molecule has 0 aromatic heterocycles. The molecule has 1 rings (SSSR count). The highest BCUT2D eigenvalue weighted by Crippen LogP contribution is 2.19. The Morgan fingerprint density at radius 2 is 2.17 bits per heavy atom. The predicted molar refractivity (Wildman–Crippen MR) is 46.8 cm³/mol. The van der Waals surface area contributed by atoms with Crippen LogP contribution in [0.4, 0.5) is 0 Å². The standard InChI is InChI=1S/C10H10O2/c1-8-4-2-5-9(10(8)12)6-3-7-11/h2,4-5,11-12H,7H2,1H3. The summed E-state index contributed by atoms with van der Waals surface area (Å²) in [5, 5.41) is 17.9. The van der Waals surface area contributed by atoms with Gasteiger partial charge in [-0.1, -0.05) is 24.0 Å². The molecule has 0 atom stereocenters. The Balaban J connectivity index is 3.08. The van der Waals surface area contributed by atoms with E-state index in [1.165, 1.54) is 0 Å². The van der Waals surface area contributed by atoms with Crippen molar-refractivity contribution >= 4 is 0 Å². The number of aryl methyl sites for hydroxylation is 1. The molecule has 0 radical (unpaired) electrons. The molecule has 2 N–H and O–H groups in total. The van der Waals surface area contributed by atoms with Gasteiger partial charge in [0.25, 0.3) is 0 Å². The molecule has 2 heteroatoms. The fourth-order valence-electron chi connectivity index (χ4n) is 0.895. The number of aliphatic hydroxyl groups is 1. The molecule has 1 aromatic carbocycles. The molecule has 0 bridgehead atoms. The largest absolute Gasteiger partial charge is 0.506 e. The van der Waals surface area contributed by atoms with Gasteiger partial charge in [0.1, 0.15) is 12.4 Å². The quantitative estimate of drug-likeness (QED) is 0.560. The van der Waals surface area contributed by atoms with Crippen molar-refractivity contribution in [2.24, 2.45) is 0 Å². The summed E-state index contributed by atoms with van der Waals surface area (Å²) in [6, 6.07) is 5.33. The minimum Gasteiger partial charge on any atom is -0.506 e. The maximum Gasteiger partial charge on any atom is 0.134 e. The van der Waals surface area contributed by atoms with Gasteiger partial charge in [0.15, 0.2) is 0 Å². The Kier molecular flexibility index (Phi) is 2.73. The van der Waals surface area contributed by atoms with Crippen molar-refractivity contribution in [1.82, 2.24) is 0 Å². The average Bonchev–Trinajstić information content (AvgIpc) is 2.08. The number of benzene rings is 1. The molecule has 0 heterocycles. The zero-order chi connectivity index (χ0) is 8.97. The zero-order valence-corrected chi connectivity index (χ0v) is 6.83. The summed E-state index contributed by atoms with van der Waals surface area (Å²) in [6.07, 6.45) is 0. The first kappa shape index (κ1) is 8.63. The predicted octanol–water partition coefficient (Wildman–Crippen LogP) is 1.04. The van der Waals surface area contributed by atoms with E-state index in [2.05, 4.69) is 11.8 Å². The summed E-state index contributed by atoms with van der Waals surface area (Å²) >= 11 is 0. The first-order chi connectivity index (χ1) is 5.75. The molecule has 0 saturated carbocycles. The Morgan fingerprint density at radius 1 is 1.42 bits per heavy atom. The van der Waals surface area contributed by atoms with Crippen LogP contribution in [0.1, 0.15) is 11.1 Å². The lowest BCUT2D eigenvalue weighted by Crippen LogP contribution is -1.81. The van der Waals surface area contributed by atoms with E-state index in [9.17, 15) is 5.11 Å². The van der Waals surface area contributed by atoms with Crippen LogP contribution in [-0.4, -0.2) is 16.8 Å². The second kappa shape index (κ2) is 3.80. The Bertz CT molecular complexity index is 331. The van der Waals surface area contributed by atoms with Crippen LogP contribution in [0.3, 0.4) is 0 Å². The molecule has 0 aliphatic heterocycles. The minimum absolute atomic E-state index is 0.187. The average molecular weight is 162 g/mol. The van der Waals surface area contributed by atoms with Crippen LogP contribution in [0.2, 0.25) is 0 Å². The van der Waals surface area contributed by atoms with Gasteiger partial charge >= 0.3 is 0 Å². The molecule has 0 aliphatic carbocycles. The van der Waals surface area contributed by atoms with E-state index in [0.717, 1.165) is 5.56 Å². The van der Waals surface area contributed by atoms with Crippen molar-refractivity contribution in [2.45, 2.75) is 6.92 Å². The van der Waals surface area contributed by atoms with Crippen molar-refractivity contribution in [3.8, 4) is 17.6 Å². The van der Waals surface area contributed by atoms with Crippen LogP contribution < -0.4 is 0 Å². The molecule has 0 aliphatic rings. The van der Waals surface area contributed by atoms with E-state index in [4.69, 9.17) is 5.11 Å². The lowest BCUT2D eigenvalue weighted by Gasteiger charge is -1.99. The highest BCUT2D eigenvalue weighted by molar-refractivity contribution is 5.49. The number of aliphatic hydroxyl groups excluding tert-OH is 1. The minimum atomic E-state index is -0.187. The zero-order valence-electron chi connectivity index (χ0n) is 6.83. The molecular formula is C10H10O2. The van der Waals surface area contributed by atoms with Gasteiger partial charge < -0.3 is 10.2 Å². The monoisotopic (exact) mass is 162 g/mol. The van der Waals surface area contributed by atoms with Crippen molar-refractivity contribution in [2.75, 3.05) is 6.61 Å². The third-order valence-electron chi connectivity index (χ3n) is 1.54. The third-order valence-corrected chi connectivity index (χ3v) is 1.54. The molecule has 2 nitrogen and oxygen atoms in total. The molecule has 62 valence electrons. The number of hydrogen-bond acceptors (Lipinski definition) is 2. The van der Waals surface area contributed by atoms with Gasteiger partial charge in [-0.25, -0.2) is 0 Å². The Labute approximate surface area is 71.5 Å². The fraction of sp³-hybridized carbons (Fsp3) is 0.200. The smallest absolute Gasteiger partial charge is 0.134 e. The summed E-state index contributed by atoms with van der Waals surface area (Å²) < 4.78 is 0. The normalized spacial score (nSPS) is 8.83. The van der Waals surface area contributed by atoms with Crippen LogP contribution in [0.5, 0.6) is 5.75 Å². The number of phenols is 1. The molecule has 0 unspecified atom stereocenters. The van der Waals surface area contributed by atoms with E-state index in [1.54, 1.807) is 19.1 Å². The lowest BCUT2D eigenvalue weighted by atomic mass is 10.1. The van der Waals surface area contributed by atoms with Gasteiger partial charge in [0, 0.05) is 0 Å². The van der Waals surface area contributed by atoms with Gasteiger partial charge in [-0.3, -0.25) is 0 Å². The summed E-state index contributed by atoms with van der Waals surface area (Å²) in [4.78, 5) is 0. The number of rotatable bonds is 0. The summed E-state index contributed by atoms with van der Waals surface area (Å²) in [6.45, 7) is 1.62. The second-order valence-corrected chi connectivity index (χ2v) is 2.43. The number of phenolic OH excluding ortho intramolecular Hbond substituents is 1. The summed E-state index contributed by atoms with van der Waals surface area (Å²) in [7, 11) is 0. The van der Waals surface area contributed by atoms with Crippen LogP contribution >= 0.6 is 0 Å². The van der Waals surface area contributed by atoms with Gasteiger partial charge in [0.05, 0.1) is 5.56 Å². The van der Waals surface area contributed by atoms with Crippen LogP contribution in [0.25, 0.3) is 0 Å². The Morgan fingerprint density at radius 3 is 2.83 bits per heavy atom. The molecule has 0 saturated heterocycles. The lowest BCUT2D eigenvalue weighted by molar-refractivity contribution is 0.350. The highest BCUT2D eigenvalue weighted by atomic mass is 16.3. The maximum absolute atomic E-state index is 9.44. The second-order valence-electron chi connectivity index (χ2n) is 2.43. The summed E-state index contributed by atoms with van der Waals surface area (Å²) in [5.74, 6) is 5.32. The van der Waals surface area contributed by atoms with Gasteiger partial charge in [0.2, 0.25) is 0 Å². The van der Waals surface area contributed by atoms with Crippen molar-refractivity contribution in [3.05, 3.63) is 29.3 Å². The van der Waals surface area contributed by atoms with Gasteiger partial charge in [-0.05, 0) is 18.6 Å².